The average molecular weight is 293 g/mol. The van der Waals surface area contributed by atoms with Crippen LogP contribution in [-0.4, -0.2) is 17.1 Å². The second kappa shape index (κ2) is 8.01. The summed E-state index contributed by atoms with van der Waals surface area (Å²) in [5.74, 6) is -0.345. The van der Waals surface area contributed by atoms with Gasteiger partial charge in [-0.3, -0.25) is 4.79 Å². The van der Waals surface area contributed by atoms with Crippen molar-refractivity contribution in [3.8, 4) is 0 Å². The van der Waals surface area contributed by atoms with Crippen molar-refractivity contribution >= 4 is 5.97 Å². The Labute approximate surface area is 127 Å². The fourth-order valence-electron chi connectivity index (χ4n) is 2.78. The molecule has 4 heteroatoms. The van der Waals surface area contributed by atoms with Gasteiger partial charge in [0.05, 0.1) is 12.2 Å². The van der Waals surface area contributed by atoms with Crippen molar-refractivity contribution in [2.75, 3.05) is 6.61 Å². The Morgan fingerprint density at radius 3 is 2.52 bits per heavy atom. The summed E-state index contributed by atoms with van der Waals surface area (Å²) < 4.78 is 6.84. The van der Waals surface area contributed by atoms with Crippen LogP contribution in [0, 0.1) is 13.8 Å². The molecule has 0 fully saturated rings. The predicted molar refractivity (Wildman–Crippen MR) is 85.0 cm³/mol. The van der Waals surface area contributed by atoms with Crippen LogP contribution < -0.4 is 5.56 Å². The van der Waals surface area contributed by atoms with Crippen molar-refractivity contribution in [3.63, 3.8) is 0 Å². The highest BCUT2D eigenvalue weighted by molar-refractivity contribution is 5.92. The number of hydrogen-bond acceptors (Lipinski definition) is 3. The minimum Gasteiger partial charge on any atom is -0.462 e. The first-order valence-corrected chi connectivity index (χ1v) is 7.83. The number of esters is 1. The largest absolute Gasteiger partial charge is 0.462 e. The Balaban J connectivity index is 3.18. The first kappa shape index (κ1) is 17.5. The zero-order chi connectivity index (χ0) is 16.0. The molecule has 0 saturated heterocycles. The highest BCUT2D eigenvalue weighted by Gasteiger charge is 2.20. The van der Waals surface area contributed by atoms with Crippen LogP contribution in [0.4, 0.5) is 0 Å². The summed E-state index contributed by atoms with van der Waals surface area (Å²) in [6, 6.07) is 1.63. The topological polar surface area (TPSA) is 48.3 Å². The molecule has 0 saturated carbocycles. The molecule has 0 aliphatic heterocycles. The predicted octanol–water partition coefficient (Wildman–Crippen LogP) is 3.78. The van der Waals surface area contributed by atoms with Crippen molar-refractivity contribution in [2.24, 2.45) is 0 Å². The van der Waals surface area contributed by atoms with Crippen LogP contribution in [0.25, 0.3) is 0 Å². The Bertz CT molecular complexity index is 546. The number of aromatic nitrogens is 1. The molecule has 0 bridgehead atoms. The van der Waals surface area contributed by atoms with E-state index in [4.69, 9.17) is 4.74 Å². The van der Waals surface area contributed by atoms with Crippen LogP contribution in [0.15, 0.2) is 10.9 Å². The van der Waals surface area contributed by atoms with E-state index in [-0.39, 0.29) is 17.6 Å². The first-order chi connectivity index (χ1) is 9.93. The molecule has 1 heterocycles. The summed E-state index contributed by atoms with van der Waals surface area (Å²) in [5.41, 5.74) is 1.89. The van der Waals surface area contributed by atoms with Gasteiger partial charge in [0.15, 0.2) is 0 Å². The van der Waals surface area contributed by atoms with Gasteiger partial charge in [-0.15, -0.1) is 0 Å². The van der Waals surface area contributed by atoms with E-state index in [1.165, 1.54) is 6.07 Å². The Kier molecular flexibility index (Phi) is 6.66. The van der Waals surface area contributed by atoms with Gasteiger partial charge in [-0.1, -0.05) is 26.2 Å². The van der Waals surface area contributed by atoms with Gasteiger partial charge < -0.3 is 9.30 Å². The molecule has 1 rings (SSSR count). The molecule has 1 unspecified atom stereocenters. The van der Waals surface area contributed by atoms with Crippen molar-refractivity contribution in [1.82, 2.24) is 4.57 Å². The van der Waals surface area contributed by atoms with Crippen molar-refractivity contribution in [2.45, 2.75) is 66.3 Å². The maximum absolute atomic E-state index is 12.3. The highest BCUT2D eigenvalue weighted by atomic mass is 16.5. The van der Waals surface area contributed by atoms with Crippen molar-refractivity contribution in [1.29, 1.82) is 0 Å². The monoisotopic (exact) mass is 293 g/mol. The molecule has 1 aromatic heterocycles. The molecule has 0 aromatic carbocycles. The van der Waals surface area contributed by atoms with Crippen molar-refractivity contribution in [3.05, 3.63) is 33.2 Å². The van der Waals surface area contributed by atoms with Crippen LogP contribution in [0.5, 0.6) is 0 Å². The summed E-state index contributed by atoms with van der Waals surface area (Å²) in [5, 5.41) is 0. The second-order valence-corrected chi connectivity index (χ2v) is 5.56. The number of ether oxygens (including phenoxy) is 1. The third kappa shape index (κ3) is 4.19. The number of hydrogen-bond donors (Lipinski definition) is 0. The number of pyridine rings is 1. The molecule has 21 heavy (non-hydrogen) atoms. The minimum absolute atomic E-state index is 0.0398. The van der Waals surface area contributed by atoms with Gasteiger partial charge in [-0.2, -0.15) is 0 Å². The van der Waals surface area contributed by atoms with E-state index in [0.29, 0.717) is 23.4 Å². The van der Waals surface area contributed by atoms with Gasteiger partial charge in [-0.05, 0) is 39.7 Å². The van der Waals surface area contributed by atoms with Crippen LogP contribution in [-0.2, 0) is 4.74 Å². The van der Waals surface area contributed by atoms with Gasteiger partial charge in [0.25, 0.3) is 5.56 Å². The number of unbranched alkanes of at least 4 members (excludes halogenated alkanes) is 2. The number of carbonyl (C=O) groups excluding carboxylic acids is 1. The number of nitrogens with zero attached hydrogens (tertiary/aromatic N) is 1. The van der Waals surface area contributed by atoms with Gasteiger partial charge in [-0.25, -0.2) is 4.79 Å². The Morgan fingerprint density at radius 1 is 1.29 bits per heavy atom. The van der Waals surface area contributed by atoms with Gasteiger partial charge >= 0.3 is 5.97 Å². The van der Waals surface area contributed by atoms with Gasteiger partial charge in [0, 0.05) is 17.8 Å². The maximum Gasteiger partial charge on any atom is 0.340 e. The third-order valence-corrected chi connectivity index (χ3v) is 3.84. The molecule has 1 atom stereocenters. The van der Waals surface area contributed by atoms with E-state index in [9.17, 15) is 9.59 Å². The Morgan fingerprint density at radius 2 is 1.95 bits per heavy atom. The smallest absolute Gasteiger partial charge is 0.340 e. The van der Waals surface area contributed by atoms with Crippen molar-refractivity contribution < 1.29 is 9.53 Å². The molecule has 0 amide bonds. The molecule has 0 radical (unpaired) electrons. The zero-order valence-electron chi connectivity index (χ0n) is 13.9. The second-order valence-electron chi connectivity index (χ2n) is 5.56. The third-order valence-electron chi connectivity index (χ3n) is 3.84. The number of carbonyl (C=O) groups is 1. The van der Waals surface area contributed by atoms with Crippen LogP contribution in [0.1, 0.15) is 74.1 Å². The lowest BCUT2D eigenvalue weighted by molar-refractivity contribution is 0.0523. The Hall–Kier alpha value is -1.58. The van der Waals surface area contributed by atoms with E-state index >= 15 is 0 Å². The van der Waals surface area contributed by atoms with Gasteiger partial charge in [0.1, 0.15) is 0 Å². The molecule has 0 aliphatic carbocycles. The fraction of sp³-hybridized carbons (Fsp3) is 0.647. The molecule has 0 aliphatic rings. The molecule has 1 aromatic rings. The minimum atomic E-state index is -0.345. The van der Waals surface area contributed by atoms with E-state index in [1.54, 1.807) is 18.4 Å². The quantitative estimate of drug-likeness (QED) is 0.568. The first-order valence-electron chi connectivity index (χ1n) is 7.83. The maximum atomic E-state index is 12.3. The number of aryl methyl sites for hydroxylation is 1. The van der Waals surface area contributed by atoms with Gasteiger partial charge in [0.2, 0.25) is 0 Å². The lowest BCUT2D eigenvalue weighted by Crippen LogP contribution is -2.28. The summed E-state index contributed by atoms with van der Waals surface area (Å²) in [7, 11) is 0. The normalized spacial score (nSPS) is 12.2. The van der Waals surface area contributed by atoms with E-state index < -0.39 is 0 Å². The molecule has 118 valence electrons. The summed E-state index contributed by atoms with van der Waals surface area (Å²) in [4.78, 5) is 24.4. The van der Waals surface area contributed by atoms with E-state index in [1.807, 2.05) is 13.8 Å². The molecule has 0 spiro atoms. The van der Waals surface area contributed by atoms with Crippen LogP contribution in [0.2, 0.25) is 0 Å². The SMILES string of the molecule is CCCCCC(C)n1c(C)c(C(=O)OCC)c(C)cc1=O. The average Bonchev–Trinajstić information content (AvgIpc) is 2.38. The van der Waals surface area contributed by atoms with Crippen LogP contribution in [0.3, 0.4) is 0 Å². The molecular weight excluding hydrogens is 266 g/mol. The molecule has 0 N–H and O–H groups in total. The lowest BCUT2D eigenvalue weighted by atomic mass is 10.0. The number of rotatable bonds is 7. The summed E-state index contributed by atoms with van der Waals surface area (Å²) in [6.45, 7) is 9.93. The van der Waals surface area contributed by atoms with Crippen LogP contribution >= 0.6 is 0 Å². The lowest BCUT2D eigenvalue weighted by Gasteiger charge is -2.21. The summed E-state index contributed by atoms with van der Waals surface area (Å²) >= 11 is 0. The zero-order valence-corrected chi connectivity index (χ0v) is 13.9. The summed E-state index contributed by atoms with van der Waals surface area (Å²) in [6.07, 6.45) is 4.35. The van der Waals surface area contributed by atoms with E-state index in [2.05, 4.69) is 6.92 Å². The van der Waals surface area contributed by atoms with E-state index in [0.717, 1.165) is 25.7 Å². The standard InChI is InChI=1S/C17H27NO3/c1-6-8-9-10-13(4)18-14(5)16(17(20)21-7-2)12(3)11-15(18)19/h11,13H,6-10H2,1-5H3. The molecular formula is C17H27NO3. The fourth-order valence-corrected chi connectivity index (χ4v) is 2.78. The molecule has 4 nitrogen and oxygen atoms in total. The highest BCUT2D eigenvalue weighted by Crippen LogP contribution is 2.20.